The Morgan fingerprint density at radius 3 is 2.52 bits per heavy atom. The maximum atomic E-state index is 12.0. The quantitative estimate of drug-likeness (QED) is 0.253. The fourth-order valence-electron chi connectivity index (χ4n) is 2.81. The number of nitro benzene ring substituents is 1. The van der Waals surface area contributed by atoms with Gasteiger partial charge in [-0.3, -0.25) is 14.9 Å². The molecule has 0 saturated carbocycles. The number of ether oxygens (including phenoxy) is 2. The smallest absolute Gasteiger partial charge is 0.269 e. The van der Waals surface area contributed by atoms with Crippen molar-refractivity contribution in [1.29, 1.82) is 0 Å². The number of hydrazone groups is 1. The van der Waals surface area contributed by atoms with Crippen LogP contribution in [0.25, 0.3) is 0 Å². The van der Waals surface area contributed by atoms with Crippen LogP contribution >= 0.6 is 11.8 Å². The van der Waals surface area contributed by atoms with Gasteiger partial charge in [-0.25, -0.2) is 5.43 Å². The predicted octanol–water partition coefficient (Wildman–Crippen LogP) is 4.57. The molecular formula is C24H23N3O5S. The van der Waals surface area contributed by atoms with Crippen LogP contribution in [0.1, 0.15) is 16.7 Å². The molecule has 0 bridgehead atoms. The van der Waals surface area contributed by atoms with Crippen LogP contribution in [0.4, 0.5) is 5.69 Å². The number of thioether (sulfide) groups is 1. The van der Waals surface area contributed by atoms with E-state index >= 15 is 0 Å². The van der Waals surface area contributed by atoms with Gasteiger partial charge in [0.1, 0.15) is 6.61 Å². The Morgan fingerprint density at radius 1 is 1.06 bits per heavy atom. The molecule has 0 aliphatic rings. The highest BCUT2D eigenvalue weighted by Gasteiger charge is 2.07. The molecule has 3 rings (SSSR count). The SMILES string of the molecule is COc1cc(/C=N/NC(=O)CSCc2ccc([N+](=O)[O-])cc2)ccc1OCc1ccccc1. The van der Waals surface area contributed by atoms with Gasteiger partial charge in [0.25, 0.3) is 5.69 Å². The minimum atomic E-state index is -0.441. The molecule has 3 aromatic rings. The van der Waals surface area contributed by atoms with E-state index in [1.54, 1.807) is 31.4 Å². The minimum absolute atomic E-state index is 0.0447. The molecule has 8 nitrogen and oxygen atoms in total. The van der Waals surface area contributed by atoms with E-state index in [-0.39, 0.29) is 17.3 Å². The third-order valence-corrected chi connectivity index (χ3v) is 5.48. The largest absolute Gasteiger partial charge is 0.493 e. The number of amides is 1. The number of carbonyl (C=O) groups excluding carboxylic acids is 1. The van der Waals surface area contributed by atoms with E-state index < -0.39 is 4.92 Å². The minimum Gasteiger partial charge on any atom is -0.493 e. The molecule has 1 amide bonds. The molecule has 0 aliphatic heterocycles. The number of nitrogens with one attached hydrogen (secondary N) is 1. The monoisotopic (exact) mass is 465 g/mol. The van der Waals surface area contributed by atoms with E-state index in [1.165, 1.54) is 30.1 Å². The zero-order valence-electron chi connectivity index (χ0n) is 18.0. The van der Waals surface area contributed by atoms with Crippen molar-refractivity contribution in [2.75, 3.05) is 12.9 Å². The summed E-state index contributed by atoms with van der Waals surface area (Å²) in [5.74, 6) is 1.72. The molecule has 1 N–H and O–H groups in total. The van der Waals surface area contributed by atoms with E-state index in [0.29, 0.717) is 23.9 Å². The maximum absolute atomic E-state index is 12.0. The molecule has 170 valence electrons. The third kappa shape index (κ3) is 7.65. The number of hydrogen-bond donors (Lipinski definition) is 1. The summed E-state index contributed by atoms with van der Waals surface area (Å²) in [5.41, 5.74) is 5.24. The van der Waals surface area contributed by atoms with Crippen molar-refractivity contribution in [1.82, 2.24) is 5.43 Å². The van der Waals surface area contributed by atoms with Crippen LogP contribution in [0, 0.1) is 10.1 Å². The highest BCUT2D eigenvalue weighted by Crippen LogP contribution is 2.28. The lowest BCUT2D eigenvalue weighted by atomic mass is 10.2. The summed E-state index contributed by atoms with van der Waals surface area (Å²) < 4.78 is 11.2. The Bertz CT molecular complexity index is 1100. The van der Waals surface area contributed by atoms with Gasteiger partial charge in [0.2, 0.25) is 5.91 Å². The van der Waals surface area contributed by atoms with E-state index in [1.807, 2.05) is 36.4 Å². The second-order valence-electron chi connectivity index (χ2n) is 6.89. The van der Waals surface area contributed by atoms with Crippen LogP contribution < -0.4 is 14.9 Å². The molecule has 0 unspecified atom stereocenters. The topological polar surface area (TPSA) is 103 Å². The van der Waals surface area contributed by atoms with Crippen LogP contribution in [0.2, 0.25) is 0 Å². The average Bonchev–Trinajstić information content (AvgIpc) is 2.84. The zero-order chi connectivity index (χ0) is 23.5. The number of non-ortho nitro benzene ring substituents is 1. The van der Waals surface area contributed by atoms with Gasteiger partial charge in [-0.05, 0) is 34.9 Å². The van der Waals surface area contributed by atoms with Crippen molar-refractivity contribution in [3.05, 3.63) is 99.6 Å². The first-order valence-electron chi connectivity index (χ1n) is 10.0. The highest BCUT2D eigenvalue weighted by molar-refractivity contribution is 7.99. The van der Waals surface area contributed by atoms with Crippen LogP contribution in [-0.4, -0.2) is 29.9 Å². The second-order valence-corrected chi connectivity index (χ2v) is 7.88. The number of rotatable bonds is 11. The summed E-state index contributed by atoms with van der Waals surface area (Å²) in [4.78, 5) is 22.2. The van der Waals surface area contributed by atoms with E-state index in [2.05, 4.69) is 10.5 Å². The number of benzene rings is 3. The number of carbonyl (C=O) groups is 1. The molecule has 0 aromatic heterocycles. The van der Waals surface area contributed by atoms with Crippen molar-refractivity contribution in [2.24, 2.45) is 5.10 Å². The molecule has 0 fully saturated rings. The van der Waals surface area contributed by atoms with Gasteiger partial charge < -0.3 is 9.47 Å². The van der Waals surface area contributed by atoms with Crippen molar-refractivity contribution >= 4 is 29.6 Å². The van der Waals surface area contributed by atoms with Crippen LogP contribution in [0.15, 0.2) is 77.9 Å². The molecule has 0 heterocycles. The lowest BCUT2D eigenvalue weighted by molar-refractivity contribution is -0.384. The van der Waals surface area contributed by atoms with E-state index in [9.17, 15) is 14.9 Å². The average molecular weight is 466 g/mol. The van der Waals surface area contributed by atoms with Crippen LogP contribution in [0.3, 0.4) is 0 Å². The number of methoxy groups -OCH3 is 1. The van der Waals surface area contributed by atoms with Gasteiger partial charge in [0.15, 0.2) is 11.5 Å². The van der Waals surface area contributed by atoms with Crippen molar-refractivity contribution in [3.63, 3.8) is 0 Å². The van der Waals surface area contributed by atoms with Crippen molar-refractivity contribution in [2.45, 2.75) is 12.4 Å². The van der Waals surface area contributed by atoms with Crippen LogP contribution in [0.5, 0.6) is 11.5 Å². The maximum Gasteiger partial charge on any atom is 0.269 e. The van der Waals surface area contributed by atoms with Gasteiger partial charge in [-0.2, -0.15) is 5.10 Å². The zero-order valence-corrected chi connectivity index (χ0v) is 18.8. The summed E-state index contributed by atoms with van der Waals surface area (Å²) in [6.45, 7) is 0.429. The van der Waals surface area contributed by atoms with Gasteiger partial charge in [0.05, 0.1) is 24.0 Å². The lowest BCUT2D eigenvalue weighted by Crippen LogP contribution is -2.19. The molecule has 0 spiro atoms. The van der Waals surface area contributed by atoms with Gasteiger partial charge in [0, 0.05) is 17.9 Å². The molecular weight excluding hydrogens is 442 g/mol. The Kier molecular flexibility index (Phi) is 8.84. The fraction of sp³-hybridized carbons (Fsp3) is 0.167. The third-order valence-electron chi connectivity index (χ3n) is 4.48. The predicted molar refractivity (Wildman–Crippen MR) is 129 cm³/mol. The first kappa shape index (κ1) is 23.8. The summed E-state index contributed by atoms with van der Waals surface area (Å²) in [6, 6.07) is 21.5. The Balaban J connectivity index is 1.44. The number of nitro groups is 1. The highest BCUT2D eigenvalue weighted by atomic mass is 32.2. The number of hydrogen-bond acceptors (Lipinski definition) is 7. The van der Waals surface area contributed by atoms with E-state index in [4.69, 9.17) is 9.47 Å². The molecule has 33 heavy (non-hydrogen) atoms. The summed E-state index contributed by atoms with van der Waals surface area (Å²) in [7, 11) is 1.57. The summed E-state index contributed by atoms with van der Waals surface area (Å²) in [6.07, 6.45) is 1.53. The van der Waals surface area contributed by atoms with Gasteiger partial charge in [-0.1, -0.05) is 42.5 Å². The molecule has 0 aliphatic carbocycles. The first-order valence-corrected chi connectivity index (χ1v) is 11.2. The Morgan fingerprint density at radius 2 is 1.82 bits per heavy atom. The Labute approximate surface area is 195 Å². The number of nitrogens with zero attached hydrogens (tertiary/aromatic N) is 2. The van der Waals surface area contributed by atoms with Crippen LogP contribution in [-0.2, 0) is 17.2 Å². The molecule has 9 heteroatoms. The Hall–Kier alpha value is -3.85. The van der Waals surface area contributed by atoms with Crippen molar-refractivity contribution in [3.8, 4) is 11.5 Å². The standard InChI is InChI=1S/C24H23N3O5S/c1-31-23-13-20(9-12-22(23)32-15-18-5-3-2-4-6-18)14-25-26-24(28)17-33-16-19-7-10-21(11-8-19)27(29)30/h2-14H,15-17H2,1H3,(H,26,28)/b25-14+. The molecule has 0 atom stereocenters. The van der Waals surface area contributed by atoms with Gasteiger partial charge in [-0.15, -0.1) is 11.8 Å². The first-order chi connectivity index (χ1) is 16.0. The fourth-order valence-corrected chi connectivity index (χ4v) is 3.59. The molecule has 3 aromatic carbocycles. The normalized spacial score (nSPS) is 10.7. The van der Waals surface area contributed by atoms with Gasteiger partial charge >= 0.3 is 0 Å². The lowest BCUT2D eigenvalue weighted by Gasteiger charge is -2.11. The molecule has 0 saturated heterocycles. The van der Waals surface area contributed by atoms with E-state index in [0.717, 1.165) is 16.7 Å². The van der Waals surface area contributed by atoms with Crippen molar-refractivity contribution < 1.29 is 19.2 Å². The summed E-state index contributed by atoms with van der Waals surface area (Å²) >= 11 is 1.39. The second kappa shape index (κ2) is 12.3. The molecule has 0 radical (unpaired) electrons. The summed E-state index contributed by atoms with van der Waals surface area (Å²) in [5, 5.41) is 14.7.